The summed E-state index contributed by atoms with van der Waals surface area (Å²) in [5, 5.41) is 3.26. The van der Waals surface area contributed by atoms with Gasteiger partial charge in [-0.25, -0.2) is 0 Å². The number of allylic oxidation sites excluding steroid dienone is 1. The standard InChI is InChI=1S/C15H23NO3/c1-10(2)9-12(16-3)11-7-8-13(17-4)15(19-6)14(11)18-5/h7-9,12,16H,1-6H3. The normalized spacial score (nSPS) is 11.7. The van der Waals surface area contributed by atoms with Crippen molar-refractivity contribution >= 4 is 0 Å². The fourth-order valence-electron chi connectivity index (χ4n) is 2.03. The van der Waals surface area contributed by atoms with Crippen LogP contribution >= 0.6 is 0 Å². The van der Waals surface area contributed by atoms with Gasteiger partial charge >= 0.3 is 0 Å². The Hall–Kier alpha value is -1.68. The van der Waals surface area contributed by atoms with Crippen molar-refractivity contribution in [3.8, 4) is 17.2 Å². The van der Waals surface area contributed by atoms with Crippen molar-refractivity contribution in [1.82, 2.24) is 5.32 Å². The lowest BCUT2D eigenvalue weighted by Gasteiger charge is -2.20. The minimum atomic E-state index is 0.0692. The van der Waals surface area contributed by atoms with Crippen molar-refractivity contribution in [3.63, 3.8) is 0 Å². The van der Waals surface area contributed by atoms with Crippen molar-refractivity contribution in [2.24, 2.45) is 0 Å². The van der Waals surface area contributed by atoms with Gasteiger partial charge in [0.25, 0.3) is 0 Å². The summed E-state index contributed by atoms with van der Waals surface area (Å²) in [4.78, 5) is 0. The molecule has 0 saturated carbocycles. The summed E-state index contributed by atoms with van der Waals surface area (Å²) in [7, 11) is 6.78. The third-order valence-electron chi connectivity index (χ3n) is 2.88. The summed E-state index contributed by atoms with van der Waals surface area (Å²) >= 11 is 0. The van der Waals surface area contributed by atoms with Gasteiger partial charge in [0, 0.05) is 5.56 Å². The average molecular weight is 265 g/mol. The summed E-state index contributed by atoms with van der Waals surface area (Å²) in [6, 6.07) is 3.94. The first-order valence-electron chi connectivity index (χ1n) is 6.20. The fourth-order valence-corrected chi connectivity index (χ4v) is 2.03. The molecule has 1 rings (SSSR count). The maximum Gasteiger partial charge on any atom is 0.203 e. The second kappa shape index (κ2) is 7.04. The molecule has 0 heterocycles. The highest BCUT2D eigenvalue weighted by Crippen LogP contribution is 2.42. The van der Waals surface area contributed by atoms with Gasteiger partial charge in [0.15, 0.2) is 11.5 Å². The predicted octanol–water partition coefficient (Wildman–Crippen LogP) is 2.94. The first-order chi connectivity index (χ1) is 9.08. The van der Waals surface area contributed by atoms with Gasteiger partial charge in [0.05, 0.1) is 27.4 Å². The van der Waals surface area contributed by atoms with Crippen LogP contribution in [0.2, 0.25) is 0 Å². The van der Waals surface area contributed by atoms with E-state index in [1.165, 1.54) is 5.57 Å². The zero-order valence-electron chi connectivity index (χ0n) is 12.5. The molecule has 0 aliphatic rings. The Morgan fingerprint density at radius 2 is 1.68 bits per heavy atom. The van der Waals surface area contributed by atoms with E-state index in [0.717, 1.165) is 5.56 Å². The Kier molecular flexibility index (Phi) is 5.70. The van der Waals surface area contributed by atoms with Crippen LogP contribution in [-0.4, -0.2) is 28.4 Å². The topological polar surface area (TPSA) is 39.7 Å². The van der Waals surface area contributed by atoms with E-state index in [-0.39, 0.29) is 6.04 Å². The summed E-state index contributed by atoms with van der Waals surface area (Å²) in [6.45, 7) is 4.13. The smallest absolute Gasteiger partial charge is 0.203 e. The van der Waals surface area contributed by atoms with Crippen molar-refractivity contribution in [3.05, 3.63) is 29.3 Å². The molecule has 0 aliphatic carbocycles. The largest absolute Gasteiger partial charge is 0.493 e. The van der Waals surface area contributed by atoms with E-state index in [1.807, 2.05) is 19.2 Å². The predicted molar refractivity (Wildman–Crippen MR) is 77.3 cm³/mol. The lowest BCUT2D eigenvalue weighted by Crippen LogP contribution is -2.15. The van der Waals surface area contributed by atoms with Crippen LogP contribution in [0.1, 0.15) is 25.5 Å². The Morgan fingerprint density at radius 3 is 2.11 bits per heavy atom. The van der Waals surface area contributed by atoms with Crippen LogP contribution in [0, 0.1) is 0 Å². The molecule has 19 heavy (non-hydrogen) atoms. The quantitative estimate of drug-likeness (QED) is 0.803. The highest BCUT2D eigenvalue weighted by molar-refractivity contribution is 5.57. The van der Waals surface area contributed by atoms with Crippen LogP contribution in [0.3, 0.4) is 0 Å². The van der Waals surface area contributed by atoms with Gasteiger partial charge < -0.3 is 19.5 Å². The van der Waals surface area contributed by atoms with Crippen molar-refractivity contribution < 1.29 is 14.2 Å². The molecule has 0 bridgehead atoms. The second-order valence-corrected chi connectivity index (χ2v) is 4.43. The monoisotopic (exact) mass is 265 g/mol. The molecule has 0 spiro atoms. The van der Waals surface area contributed by atoms with Crippen molar-refractivity contribution in [2.75, 3.05) is 28.4 Å². The van der Waals surface area contributed by atoms with Gasteiger partial charge in [-0.3, -0.25) is 0 Å². The van der Waals surface area contributed by atoms with Gasteiger partial charge in [-0.2, -0.15) is 0 Å². The molecule has 0 aliphatic heterocycles. The van der Waals surface area contributed by atoms with Crippen LogP contribution in [0.25, 0.3) is 0 Å². The Morgan fingerprint density at radius 1 is 1.05 bits per heavy atom. The number of benzene rings is 1. The van der Waals surface area contributed by atoms with Gasteiger partial charge in [0.2, 0.25) is 5.75 Å². The molecule has 4 nitrogen and oxygen atoms in total. The van der Waals surface area contributed by atoms with Crippen LogP contribution < -0.4 is 19.5 Å². The number of hydrogen-bond acceptors (Lipinski definition) is 4. The summed E-state index contributed by atoms with van der Waals surface area (Å²) in [5.74, 6) is 1.97. The van der Waals surface area contributed by atoms with Crippen molar-refractivity contribution in [2.45, 2.75) is 19.9 Å². The number of rotatable bonds is 6. The van der Waals surface area contributed by atoms with E-state index in [2.05, 4.69) is 25.2 Å². The Bertz CT molecular complexity index is 451. The molecule has 0 radical (unpaired) electrons. The molecule has 1 aromatic carbocycles. The molecule has 0 aromatic heterocycles. The zero-order valence-corrected chi connectivity index (χ0v) is 12.5. The highest BCUT2D eigenvalue weighted by atomic mass is 16.5. The molecule has 0 amide bonds. The molecule has 4 heteroatoms. The molecule has 1 aromatic rings. The number of hydrogen-bond donors (Lipinski definition) is 1. The van der Waals surface area contributed by atoms with Crippen molar-refractivity contribution in [1.29, 1.82) is 0 Å². The second-order valence-electron chi connectivity index (χ2n) is 4.43. The zero-order chi connectivity index (χ0) is 14.4. The number of likely N-dealkylation sites (N-methyl/N-ethyl adjacent to an activating group) is 1. The summed E-state index contributed by atoms with van der Waals surface area (Å²) in [6.07, 6.45) is 2.14. The number of nitrogens with one attached hydrogen (secondary N) is 1. The Balaban J connectivity index is 3.38. The molecule has 1 atom stereocenters. The van der Waals surface area contributed by atoms with E-state index in [1.54, 1.807) is 21.3 Å². The van der Waals surface area contributed by atoms with E-state index in [9.17, 15) is 0 Å². The minimum Gasteiger partial charge on any atom is -0.493 e. The molecule has 1 unspecified atom stereocenters. The molecule has 0 saturated heterocycles. The van der Waals surface area contributed by atoms with Crippen LogP contribution in [-0.2, 0) is 0 Å². The number of methoxy groups -OCH3 is 3. The maximum absolute atomic E-state index is 5.50. The SMILES string of the molecule is CNC(C=C(C)C)c1ccc(OC)c(OC)c1OC. The van der Waals surface area contributed by atoms with E-state index in [4.69, 9.17) is 14.2 Å². The molecule has 106 valence electrons. The third-order valence-corrected chi connectivity index (χ3v) is 2.88. The van der Waals surface area contributed by atoms with E-state index in [0.29, 0.717) is 17.2 Å². The lowest BCUT2D eigenvalue weighted by molar-refractivity contribution is 0.321. The first-order valence-corrected chi connectivity index (χ1v) is 6.20. The minimum absolute atomic E-state index is 0.0692. The number of ether oxygens (including phenoxy) is 3. The van der Waals surface area contributed by atoms with Gasteiger partial charge in [-0.1, -0.05) is 11.6 Å². The fraction of sp³-hybridized carbons (Fsp3) is 0.467. The molecular formula is C15H23NO3. The highest BCUT2D eigenvalue weighted by Gasteiger charge is 2.19. The molecular weight excluding hydrogens is 242 g/mol. The lowest BCUT2D eigenvalue weighted by atomic mass is 10.0. The molecule has 0 fully saturated rings. The van der Waals surface area contributed by atoms with E-state index < -0.39 is 0 Å². The van der Waals surface area contributed by atoms with Gasteiger partial charge in [-0.15, -0.1) is 0 Å². The van der Waals surface area contributed by atoms with Gasteiger partial charge in [0.1, 0.15) is 0 Å². The maximum atomic E-state index is 5.50. The van der Waals surface area contributed by atoms with E-state index >= 15 is 0 Å². The summed E-state index contributed by atoms with van der Waals surface area (Å²) < 4.78 is 16.2. The first kappa shape index (κ1) is 15.4. The Labute approximate surface area is 115 Å². The summed E-state index contributed by atoms with van der Waals surface area (Å²) in [5.41, 5.74) is 2.25. The average Bonchev–Trinajstić information content (AvgIpc) is 2.42. The third kappa shape index (κ3) is 3.41. The molecule has 1 N–H and O–H groups in total. The van der Waals surface area contributed by atoms with Gasteiger partial charge in [-0.05, 0) is 33.0 Å². The van der Waals surface area contributed by atoms with Crippen LogP contribution in [0.5, 0.6) is 17.2 Å². The van der Waals surface area contributed by atoms with Crippen LogP contribution in [0.4, 0.5) is 0 Å². The van der Waals surface area contributed by atoms with Crippen LogP contribution in [0.15, 0.2) is 23.8 Å².